The summed E-state index contributed by atoms with van der Waals surface area (Å²) in [7, 11) is -3.03. The van der Waals surface area contributed by atoms with Gasteiger partial charge in [0.2, 0.25) is 0 Å². The molecule has 0 radical (unpaired) electrons. The first-order valence-corrected chi connectivity index (χ1v) is 4.93. The summed E-state index contributed by atoms with van der Waals surface area (Å²) in [4.78, 5) is 14.1. The first kappa shape index (κ1) is 13.1. The molecule has 6 nitrogen and oxygen atoms in total. The van der Waals surface area contributed by atoms with Crippen molar-refractivity contribution in [2.24, 2.45) is 4.36 Å². The predicted octanol–water partition coefficient (Wildman–Crippen LogP) is 1.06. The lowest BCUT2D eigenvalue weighted by molar-refractivity contribution is -0.141. The largest absolute Gasteiger partial charge is 0.433 e. The lowest BCUT2D eigenvalue weighted by atomic mass is 10.4. The molecular weight excluding hydrogens is 263 g/mol. The van der Waals surface area contributed by atoms with Crippen LogP contribution < -0.4 is 5.56 Å². The van der Waals surface area contributed by atoms with E-state index in [0.717, 1.165) is 6.20 Å². The number of rotatable bonds is 2. The second-order valence-electron chi connectivity index (χ2n) is 2.64. The summed E-state index contributed by atoms with van der Waals surface area (Å²) in [5.41, 5.74) is -2.66. The summed E-state index contributed by atoms with van der Waals surface area (Å²) in [5, 5.41) is 0. The van der Waals surface area contributed by atoms with Crippen molar-refractivity contribution in [3.8, 4) is 0 Å². The van der Waals surface area contributed by atoms with E-state index >= 15 is 0 Å². The van der Waals surface area contributed by atoms with Gasteiger partial charge in [0.1, 0.15) is 0 Å². The highest BCUT2D eigenvalue weighted by molar-refractivity contribution is 7.61. The Hall–Kier alpha value is -1.97. The van der Waals surface area contributed by atoms with Crippen molar-refractivity contribution in [2.45, 2.75) is 6.18 Å². The first-order valence-electron chi connectivity index (χ1n) is 3.90. The molecule has 0 aliphatic rings. The molecule has 0 atom stereocenters. The van der Waals surface area contributed by atoms with Gasteiger partial charge < -0.3 is 0 Å². The topological polar surface area (TPSA) is 81.4 Å². The van der Waals surface area contributed by atoms with E-state index in [4.69, 9.17) is 0 Å². The Morgan fingerprint density at radius 1 is 1.47 bits per heavy atom. The number of hydrogen-bond acceptors (Lipinski definition) is 5. The second kappa shape index (κ2) is 4.49. The van der Waals surface area contributed by atoms with Crippen LogP contribution in [0.5, 0.6) is 0 Å². The molecular formula is C7H4F3N3O3S. The molecule has 0 aliphatic heterocycles. The number of alkyl halides is 3. The van der Waals surface area contributed by atoms with E-state index in [2.05, 4.69) is 15.9 Å². The molecule has 0 aromatic carbocycles. The standard InChI is InChI=1S/C7H4F3N3O3S/c1-2-13-5(14)3-4(7(8,9)10)11-6(13)12-17(15)16/h2-3H,1H2. The quantitative estimate of drug-likeness (QED) is 0.802. The predicted molar refractivity (Wildman–Crippen MR) is 50.9 cm³/mol. The van der Waals surface area contributed by atoms with Crippen molar-refractivity contribution < 1.29 is 21.6 Å². The molecule has 0 unspecified atom stereocenters. The molecule has 0 spiro atoms. The Balaban J connectivity index is 3.67. The van der Waals surface area contributed by atoms with E-state index in [0.29, 0.717) is 4.57 Å². The monoisotopic (exact) mass is 267 g/mol. The third-order valence-electron chi connectivity index (χ3n) is 1.56. The molecule has 0 saturated heterocycles. The fourth-order valence-electron chi connectivity index (χ4n) is 0.927. The molecule has 0 N–H and O–H groups in total. The Morgan fingerprint density at radius 3 is 2.47 bits per heavy atom. The van der Waals surface area contributed by atoms with Crippen LogP contribution in [-0.2, 0) is 16.7 Å². The van der Waals surface area contributed by atoms with E-state index in [9.17, 15) is 26.4 Å². The van der Waals surface area contributed by atoms with Gasteiger partial charge in [-0.2, -0.15) is 21.6 Å². The lowest BCUT2D eigenvalue weighted by Crippen LogP contribution is -2.21. The van der Waals surface area contributed by atoms with Crippen LogP contribution in [0, 0.1) is 0 Å². The molecule has 0 fully saturated rings. The maximum absolute atomic E-state index is 12.3. The minimum absolute atomic E-state index is 0.217. The molecule has 10 heteroatoms. The number of hydrogen-bond donors (Lipinski definition) is 0. The number of halogens is 3. The van der Waals surface area contributed by atoms with Crippen LogP contribution in [0.15, 0.2) is 21.8 Å². The third-order valence-corrected chi connectivity index (χ3v) is 1.88. The van der Waals surface area contributed by atoms with Crippen LogP contribution in [0.1, 0.15) is 5.69 Å². The SMILES string of the molecule is C=Cn1c(N=S(=O)=O)nc(C(F)(F)F)cc1=O. The Morgan fingerprint density at radius 2 is 2.06 bits per heavy atom. The van der Waals surface area contributed by atoms with Gasteiger partial charge in [0.15, 0.2) is 5.69 Å². The van der Waals surface area contributed by atoms with Crippen LogP contribution in [0.4, 0.5) is 19.1 Å². The van der Waals surface area contributed by atoms with Gasteiger partial charge in [-0.25, -0.2) is 4.98 Å². The van der Waals surface area contributed by atoms with E-state index in [-0.39, 0.29) is 6.07 Å². The maximum Gasteiger partial charge on any atom is 0.433 e. The fraction of sp³-hybridized carbons (Fsp3) is 0.143. The molecule has 1 rings (SSSR count). The van der Waals surface area contributed by atoms with Crippen LogP contribution in [0.3, 0.4) is 0 Å². The zero-order valence-corrected chi connectivity index (χ0v) is 8.79. The van der Waals surface area contributed by atoms with Gasteiger partial charge in [-0.3, -0.25) is 9.36 Å². The Bertz CT molecular complexity index is 637. The highest BCUT2D eigenvalue weighted by Crippen LogP contribution is 2.27. The van der Waals surface area contributed by atoms with Gasteiger partial charge in [0, 0.05) is 12.3 Å². The highest BCUT2D eigenvalue weighted by Gasteiger charge is 2.34. The average molecular weight is 267 g/mol. The van der Waals surface area contributed by atoms with Gasteiger partial charge in [-0.15, -0.1) is 0 Å². The third kappa shape index (κ3) is 3.00. The van der Waals surface area contributed by atoms with Crippen molar-refractivity contribution in [1.29, 1.82) is 0 Å². The maximum atomic E-state index is 12.3. The zero-order chi connectivity index (χ0) is 13.2. The van der Waals surface area contributed by atoms with Gasteiger partial charge in [0.25, 0.3) is 11.5 Å². The van der Waals surface area contributed by atoms with Crippen molar-refractivity contribution >= 4 is 22.6 Å². The summed E-state index contributed by atoms with van der Waals surface area (Å²) in [6.45, 7) is 3.13. The van der Waals surface area contributed by atoms with Crippen LogP contribution in [0.25, 0.3) is 6.20 Å². The van der Waals surface area contributed by atoms with Gasteiger partial charge in [-0.1, -0.05) is 10.9 Å². The zero-order valence-electron chi connectivity index (χ0n) is 7.97. The van der Waals surface area contributed by atoms with Crippen molar-refractivity contribution in [3.05, 3.63) is 28.7 Å². The fourth-order valence-corrected chi connectivity index (χ4v) is 1.19. The summed E-state index contributed by atoms with van der Waals surface area (Å²) in [6.07, 6.45) is -4.06. The first-order chi connectivity index (χ1) is 7.75. The lowest BCUT2D eigenvalue weighted by Gasteiger charge is -2.07. The summed E-state index contributed by atoms with van der Waals surface area (Å²) >= 11 is 0. The molecule has 0 amide bonds. The van der Waals surface area contributed by atoms with Gasteiger partial charge in [-0.05, 0) is 0 Å². The molecule has 0 saturated carbocycles. The minimum atomic E-state index is -4.87. The summed E-state index contributed by atoms with van der Waals surface area (Å²) in [6, 6.07) is 0.217. The molecule has 0 aliphatic carbocycles. The number of nitrogens with zero attached hydrogens (tertiary/aromatic N) is 3. The Kier molecular flexibility index (Phi) is 3.46. The van der Waals surface area contributed by atoms with E-state index in [1.165, 1.54) is 0 Å². The number of aromatic nitrogens is 2. The molecule has 1 heterocycles. The highest BCUT2D eigenvalue weighted by atomic mass is 32.2. The smallest absolute Gasteiger partial charge is 0.269 e. The van der Waals surface area contributed by atoms with Crippen LogP contribution in [-0.4, -0.2) is 18.0 Å². The van der Waals surface area contributed by atoms with Crippen LogP contribution >= 0.6 is 0 Å². The van der Waals surface area contributed by atoms with Crippen LogP contribution in [0.2, 0.25) is 0 Å². The normalized spacial score (nSPS) is 11.0. The summed E-state index contributed by atoms with van der Waals surface area (Å²) in [5.74, 6) is -0.909. The average Bonchev–Trinajstić information content (AvgIpc) is 2.14. The molecule has 1 aromatic heterocycles. The molecule has 92 valence electrons. The molecule has 1 aromatic rings. The summed E-state index contributed by atoms with van der Waals surface area (Å²) < 4.78 is 60.6. The van der Waals surface area contributed by atoms with Gasteiger partial charge >= 0.3 is 16.7 Å². The van der Waals surface area contributed by atoms with Crippen molar-refractivity contribution in [2.75, 3.05) is 0 Å². The second-order valence-corrected chi connectivity index (χ2v) is 3.26. The Labute approximate surface area is 93.7 Å². The van der Waals surface area contributed by atoms with E-state index < -0.39 is 33.9 Å². The van der Waals surface area contributed by atoms with Crippen molar-refractivity contribution in [3.63, 3.8) is 0 Å². The van der Waals surface area contributed by atoms with Gasteiger partial charge in [0.05, 0.1) is 0 Å². The van der Waals surface area contributed by atoms with E-state index in [1.54, 1.807) is 0 Å². The minimum Gasteiger partial charge on any atom is -0.269 e. The van der Waals surface area contributed by atoms with E-state index in [1.807, 2.05) is 0 Å². The molecule has 0 bridgehead atoms. The van der Waals surface area contributed by atoms with Crippen molar-refractivity contribution in [1.82, 2.24) is 9.55 Å². The molecule has 17 heavy (non-hydrogen) atoms.